The van der Waals surface area contributed by atoms with E-state index in [2.05, 4.69) is 9.88 Å². The number of hydrogen-bond donors (Lipinski definition) is 0. The summed E-state index contributed by atoms with van der Waals surface area (Å²) in [4.78, 5) is 21.2. The number of rotatable bonds is 3. The summed E-state index contributed by atoms with van der Waals surface area (Å²) in [7, 11) is -3.25. The minimum Gasteiger partial charge on any atom is -0.353 e. The van der Waals surface area contributed by atoms with Gasteiger partial charge in [0.05, 0.1) is 11.4 Å². The van der Waals surface area contributed by atoms with E-state index >= 15 is 0 Å². The van der Waals surface area contributed by atoms with Gasteiger partial charge in [0.15, 0.2) is 0 Å². The topological polar surface area (TPSA) is 73.8 Å². The molecule has 1 amide bonds. The Balaban J connectivity index is 1.46. The molecule has 1 aromatic carbocycles. The molecular formula is C19H22N4O3S. The Morgan fingerprint density at radius 1 is 0.963 bits per heavy atom. The van der Waals surface area contributed by atoms with Crippen LogP contribution in [0, 0.1) is 0 Å². The van der Waals surface area contributed by atoms with Crippen molar-refractivity contribution in [2.24, 2.45) is 0 Å². The van der Waals surface area contributed by atoms with Gasteiger partial charge in [-0.15, -0.1) is 0 Å². The van der Waals surface area contributed by atoms with Crippen LogP contribution in [0.1, 0.15) is 16.8 Å². The zero-order valence-corrected chi connectivity index (χ0v) is 15.8. The number of amides is 1. The average molecular weight is 386 g/mol. The summed E-state index contributed by atoms with van der Waals surface area (Å²) in [5.41, 5.74) is 1.10. The Bertz CT molecular complexity index is 925. The monoisotopic (exact) mass is 386 g/mol. The fourth-order valence-electron chi connectivity index (χ4n) is 3.59. The summed E-state index contributed by atoms with van der Waals surface area (Å²) in [5, 5.41) is 0. The Morgan fingerprint density at radius 2 is 1.78 bits per heavy atom. The lowest BCUT2D eigenvalue weighted by Gasteiger charge is -2.35. The summed E-state index contributed by atoms with van der Waals surface area (Å²) in [6, 6.07) is 12.8. The number of carbonyl (C=O) groups excluding carboxylic acids is 1. The van der Waals surface area contributed by atoms with E-state index in [1.807, 2.05) is 23.1 Å². The molecule has 0 N–H and O–H groups in total. The van der Waals surface area contributed by atoms with Crippen molar-refractivity contribution in [3.05, 3.63) is 54.2 Å². The van der Waals surface area contributed by atoms with E-state index in [4.69, 9.17) is 0 Å². The second-order valence-electron chi connectivity index (χ2n) is 6.76. The quantitative estimate of drug-likeness (QED) is 0.801. The van der Waals surface area contributed by atoms with Crippen LogP contribution in [-0.4, -0.2) is 62.7 Å². The first-order chi connectivity index (χ1) is 13.0. The highest BCUT2D eigenvalue weighted by Crippen LogP contribution is 2.25. The molecule has 2 aliphatic heterocycles. The summed E-state index contributed by atoms with van der Waals surface area (Å²) in [6.45, 7) is 3.15. The molecule has 7 nitrogen and oxygen atoms in total. The molecule has 1 aromatic heterocycles. The van der Waals surface area contributed by atoms with E-state index in [1.54, 1.807) is 30.5 Å². The van der Waals surface area contributed by atoms with Gasteiger partial charge in [0, 0.05) is 44.5 Å². The maximum Gasteiger partial charge on any atom is 0.254 e. The Labute approximate surface area is 159 Å². The third-order valence-electron chi connectivity index (χ3n) is 5.02. The van der Waals surface area contributed by atoms with Gasteiger partial charge in [-0.2, -0.15) is 0 Å². The van der Waals surface area contributed by atoms with Gasteiger partial charge in [-0.25, -0.2) is 13.4 Å². The standard InChI is InChI=1S/C19H22N4O3S/c24-19(22-12-10-21(11-13-22)18-7-1-2-8-20-18)16-5-3-6-17(15-16)23-9-4-14-27(23,25)26/h1-3,5-8,15H,4,9-14H2. The van der Waals surface area contributed by atoms with Gasteiger partial charge in [0.25, 0.3) is 5.91 Å². The fraction of sp³-hybridized carbons (Fsp3) is 0.368. The minimum absolute atomic E-state index is 0.0610. The largest absolute Gasteiger partial charge is 0.353 e. The lowest BCUT2D eigenvalue weighted by Crippen LogP contribution is -2.49. The van der Waals surface area contributed by atoms with Crippen molar-refractivity contribution >= 4 is 27.4 Å². The number of benzene rings is 1. The highest BCUT2D eigenvalue weighted by atomic mass is 32.2. The van der Waals surface area contributed by atoms with Gasteiger partial charge in [-0.3, -0.25) is 9.10 Å². The van der Waals surface area contributed by atoms with Gasteiger partial charge < -0.3 is 9.80 Å². The molecule has 3 heterocycles. The van der Waals surface area contributed by atoms with Gasteiger partial charge in [0.1, 0.15) is 5.82 Å². The van der Waals surface area contributed by atoms with Crippen molar-refractivity contribution in [2.75, 3.05) is 47.7 Å². The number of pyridine rings is 1. The van der Waals surface area contributed by atoms with Crippen molar-refractivity contribution < 1.29 is 13.2 Å². The maximum atomic E-state index is 12.9. The van der Waals surface area contributed by atoms with E-state index in [0.29, 0.717) is 37.3 Å². The summed E-state index contributed by atoms with van der Waals surface area (Å²) < 4.78 is 25.7. The molecule has 8 heteroatoms. The van der Waals surface area contributed by atoms with Crippen LogP contribution in [0.15, 0.2) is 48.7 Å². The van der Waals surface area contributed by atoms with Crippen molar-refractivity contribution in [1.29, 1.82) is 0 Å². The van der Waals surface area contributed by atoms with Gasteiger partial charge in [-0.05, 0) is 36.8 Å². The molecule has 0 atom stereocenters. The molecule has 4 rings (SSSR count). The Morgan fingerprint density at radius 3 is 2.44 bits per heavy atom. The number of hydrogen-bond acceptors (Lipinski definition) is 5. The average Bonchev–Trinajstić information content (AvgIpc) is 3.07. The van der Waals surface area contributed by atoms with Crippen molar-refractivity contribution in [2.45, 2.75) is 6.42 Å². The first-order valence-electron chi connectivity index (χ1n) is 9.10. The number of anilines is 2. The first-order valence-corrected chi connectivity index (χ1v) is 10.7. The molecule has 0 radical (unpaired) electrons. The molecule has 2 aromatic rings. The molecule has 142 valence electrons. The van der Waals surface area contributed by atoms with Gasteiger partial charge in [0.2, 0.25) is 10.0 Å². The van der Waals surface area contributed by atoms with Crippen LogP contribution in [-0.2, 0) is 10.0 Å². The molecule has 2 fully saturated rings. The van der Waals surface area contributed by atoms with Crippen LogP contribution in [0.2, 0.25) is 0 Å². The van der Waals surface area contributed by atoms with E-state index in [9.17, 15) is 13.2 Å². The number of piperazine rings is 1. The molecule has 0 aliphatic carbocycles. The summed E-state index contributed by atoms with van der Waals surface area (Å²) in [5.74, 6) is 1.03. The highest BCUT2D eigenvalue weighted by Gasteiger charge is 2.29. The SMILES string of the molecule is O=C(c1cccc(N2CCCS2(=O)=O)c1)N1CCN(c2ccccn2)CC1. The molecule has 0 spiro atoms. The van der Waals surface area contributed by atoms with E-state index in [1.165, 1.54) is 4.31 Å². The number of carbonyl (C=O) groups is 1. The highest BCUT2D eigenvalue weighted by molar-refractivity contribution is 7.93. The molecule has 0 saturated carbocycles. The molecular weight excluding hydrogens is 364 g/mol. The third-order valence-corrected chi connectivity index (χ3v) is 6.89. The normalized spacial score (nSPS) is 19.3. The molecule has 0 unspecified atom stereocenters. The van der Waals surface area contributed by atoms with E-state index in [-0.39, 0.29) is 11.7 Å². The maximum absolute atomic E-state index is 12.9. The third kappa shape index (κ3) is 3.62. The minimum atomic E-state index is -3.25. The number of nitrogens with zero attached hydrogens (tertiary/aromatic N) is 4. The van der Waals surface area contributed by atoms with E-state index in [0.717, 1.165) is 18.9 Å². The zero-order valence-electron chi connectivity index (χ0n) is 15.0. The predicted molar refractivity (Wildman–Crippen MR) is 105 cm³/mol. The van der Waals surface area contributed by atoms with Crippen LogP contribution in [0.3, 0.4) is 0 Å². The van der Waals surface area contributed by atoms with E-state index < -0.39 is 10.0 Å². The van der Waals surface area contributed by atoms with Crippen molar-refractivity contribution in [1.82, 2.24) is 9.88 Å². The smallest absolute Gasteiger partial charge is 0.254 e. The van der Waals surface area contributed by atoms with Crippen LogP contribution < -0.4 is 9.21 Å². The lowest BCUT2D eigenvalue weighted by atomic mass is 10.1. The molecule has 0 bridgehead atoms. The zero-order chi connectivity index (χ0) is 18.9. The molecule has 2 aliphatic rings. The summed E-state index contributed by atoms with van der Waals surface area (Å²) >= 11 is 0. The summed E-state index contributed by atoms with van der Waals surface area (Å²) in [6.07, 6.45) is 2.39. The fourth-order valence-corrected chi connectivity index (χ4v) is 5.14. The van der Waals surface area contributed by atoms with Crippen LogP contribution >= 0.6 is 0 Å². The van der Waals surface area contributed by atoms with Crippen LogP contribution in [0.5, 0.6) is 0 Å². The Kier molecular flexibility index (Phi) is 4.73. The van der Waals surface area contributed by atoms with Gasteiger partial charge in [-0.1, -0.05) is 12.1 Å². The second kappa shape index (κ2) is 7.19. The number of aromatic nitrogens is 1. The number of sulfonamides is 1. The first kappa shape index (κ1) is 17.8. The predicted octanol–water partition coefficient (Wildman–Crippen LogP) is 1.58. The van der Waals surface area contributed by atoms with Crippen LogP contribution in [0.4, 0.5) is 11.5 Å². The van der Waals surface area contributed by atoms with Crippen molar-refractivity contribution in [3.63, 3.8) is 0 Å². The molecule has 2 saturated heterocycles. The molecule has 27 heavy (non-hydrogen) atoms. The van der Waals surface area contributed by atoms with Gasteiger partial charge >= 0.3 is 0 Å². The van der Waals surface area contributed by atoms with Crippen LogP contribution in [0.25, 0.3) is 0 Å². The second-order valence-corrected chi connectivity index (χ2v) is 8.77. The lowest BCUT2D eigenvalue weighted by molar-refractivity contribution is 0.0746. The Hall–Kier alpha value is -2.61. The van der Waals surface area contributed by atoms with Crippen molar-refractivity contribution in [3.8, 4) is 0 Å².